The molecule has 6 heteroatoms. The van der Waals surface area contributed by atoms with Crippen LogP contribution in [-0.4, -0.2) is 23.6 Å². The van der Waals surface area contributed by atoms with E-state index >= 15 is 0 Å². The Kier molecular flexibility index (Phi) is 2.99. The minimum Gasteiger partial charge on any atom is -0.476 e. The van der Waals surface area contributed by atoms with Gasteiger partial charge in [-0.05, 0) is 24.3 Å². The Hall–Kier alpha value is -2.30. The molecule has 2 atom stereocenters. The van der Waals surface area contributed by atoms with Crippen molar-refractivity contribution < 1.29 is 9.47 Å². The Balaban J connectivity index is 1.74. The third-order valence-corrected chi connectivity index (χ3v) is 4.83. The van der Waals surface area contributed by atoms with Gasteiger partial charge in [0.2, 0.25) is 0 Å². The highest BCUT2D eigenvalue weighted by Crippen LogP contribution is 2.56. The summed E-state index contributed by atoms with van der Waals surface area (Å²) < 4.78 is 12.0. The molecule has 0 N–H and O–H groups in total. The van der Waals surface area contributed by atoms with E-state index in [0.717, 1.165) is 11.4 Å². The van der Waals surface area contributed by atoms with Gasteiger partial charge in [0.25, 0.3) is 0 Å². The van der Waals surface area contributed by atoms with Crippen LogP contribution in [0.4, 0.5) is 11.4 Å². The van der Waals surface area contributed by atoms with Crippen LogP contribution in [0, 0.1) is 0 Å². The van der Waals surface area contributed by atoms with Crippen molar-refractivity contribution in [2.24, 2.45) is 9.98 Å². The Morgan fingerprint density at radius 2 is 1.17 bits per heavy atom. The highest BCUT2D eigenvalue weighted by Gasteiger charge is 2.34. The minimum atomic E-state index is -0.267. The normalized spacial score (nSPS) is 24.8. The van der Waals surface area contributed by atoms with Gasteiger partial charge in [0.15, 0.2) is 23.7 Å². The smallest absolute Gasteiger partial charge is 0.169 e. The zero-order chi connectivity index (χ0) is 16.3. The summed E-state index contributed by atoms with van der Waals surface area (Å²) in [5.41, 5.74) is 2.54. The Labute approximate surface area is 148 Å². The van der Waals surface area contributed by atoms with E-state index in [1.165, 1.54) is 0 Å². The first-order valence-corrected chi connectivity index (χ1v) is 8.23. The van der Waals surface area contributed by atoms with Gasteiger partial charge in [-0.1, -0.05) is 47.5 Å². The summed E-state index contributed by atoms with van der Waals surface area (Å²) in [6.07, 6.45) is 14.7. The van der Waals surface area contributed by atoms with Crippen molar-refractivity contribution in [3.8, 4) is 11.5 Å². The van der Waals surface area contributed by atoms with E-state index in [1.807, 2.05) is 48.6 Å². The van der Waals surface area contributed by atoms with E-state index in [0.29, 0.717) is 32.9 Å². The minimum absolute atomic E-state index is 0.267. The molecule has 2 aliphatic heterocycles. The molecule has 1 aromatic carbocycles. The van der Waals surface area contributed by atoms with Crippen molar-refractivity contribution in [1.29, 1.82) is 0 Å². The molecule has 2 heterocycles. The molecule has 4 nitrogen and oxygen atoms in total. The van der Waals surface area contributed by atoms with Gasteiger partial charge < -0.3 is 9.47 Å². The van der Waals surface area contributed by atoms with Gasteiger partial charge in [-0.25, -0.2) is 9.98 Å². The fourth-order valence-electron chi connectivity index (χ4n) is 2.98. The second-order valence-electron chi connectivity index (χ2n) is 5.62. The van der Waals surface area contributed by atoms with Crippen LogP contribution in [0.1, 0.15) is 0 Å². The van der Waals surface area contributed by atoms with Gasteiger partial charge in [-0.2, -0.15) is 0 Å². The van der Waals surface area contributed by atoms with Crippen molar-refractivity contribution in [2.45, 2.75) is 12.2 Å². The highest BCUT2D eigenvalue weighted by atomic mass is 35.5. The Morgan fingerprint density at radius 1 is 0.708 bits per heavy atom. The average molecular weight is 357 g/mol. The molecule has 5 rings (SSSR count). The van der Waals surface area contributed by atoms with E-state index in [9.17, 15) is 0 Å². The molecule has 0 amide bonds. The van der Waals surface area contributed by atoms with Crippen LogP contribution in [-0.2, 0) is 0 Å². The number of rotatable bonds is 0. The van der Waals surface area contributed by atoms with Crippen molar-refractivity contribution in [2.75, 3.05) is 0 Å². The molecular formula is C18H10Cl2N2O2. The lowest BCUT2D eigenvalue weighted by Crippen LogP contribution is -2.29. The van der Waals surface area contributed by atoms with Gasteiger partial charge >= 0.3 is 0 Å². The zero-order valence-electron chi connectivity index (χ0n) is 12.2. The standard InChI is InChI=1S/C18H10Cl2N2O2/c19-13-15-17(23-11-7-3-1-5-9(11)21-15)14(20)16-18(13)24-12-8-4-2-6-10(12)22-16/h1-8,11-12H. The van der Waals surface area contributed by atoms with Crippen LogP contribution in [0.25, 0.3) is 0 Å². The lowest BCUT2D eigenvalue weighted by atomic mass is 10.0. The molecule has 0 saturated heterocycles. The average Bonchev–Trinajstić information content (AvgIpc) is 2.64. The van der Waals surface area contributed by atoms with Gasteiger partial charge in [-0.3, -0.25) is 0 Å². The predicted octanol–water partition coefficient (Wildman–Crippen LogP) is 4.91. The van der Waals surface area contributed by atoms with Crippen LogP contribution in [0.15, 0.2) is 58.6 Å². The largest absolute Gasteiger partial charge is 0.476 e. The number of allylic oxidation sites excluding steroid dienone is 4. The molecule has 24 heavy (non-hydrogen) atoms. The predicted molar refractivity (Wildman–Crippen MR) is 96.0 cm³/mol. The molecular weight excluding hydrogens is 347 g/mol. The highest BCUT2D eigenvalue weighted by molar-refractivity contribution is 6.41. The SMILES string of the molecule is Clc1c2c(c(Cl)c3c1OC1C=CC=CC1=N3)OC1C=CC=CC1=N2. The van der Waals surface area contributed by atoms with Crippen molar-refractivity contribution in [1.82, 2.24) is 0 Å². The third-order valence-electron chi connectivity index (χ3n) is 4.13. The number of benzene rings is 1. The number of hydrogen-bond donors (Lipinski definition) is 0. The lowest BCUT2D eigenvalue weighted by molar-refractivity contribution is 0.300. The molecule has 0 aromatic heterocycles. The molecule has 1 aromatic rings. The summed E-state index contributed by atoms with van der Waals surface area (Å²) in [4.78, 5) is 9.23. The van der Waals surface area contributed by atoms with Crippen molar-refractivity contribution in [3.05, 3.63) is 58.7 Å². The summed E-state index contributed by atoms with van der Waals surface area (Å²) in [5, 5.41) is 0.730. The van der Waals surface area contributed by atoms with E-state index in [2.05, 4.69) is 9.98 Å². The summed E-state index contributed by atoms with van der Waals surface area (Å²) in [6.45, 7) is 0. The summed E-state index contributed by atoms with van der Waals surface area (Å²) >= 11 is 13.1. The molecule has 0 bridgehead atoms. The van der Waals surface area contributed by atoms with Crippen LogP contribution in [0.2, 0.25) is 10.0 Å². The number of halogens is 2. The monoisotopic (exact) mass is 356 g/mol. The molecule has 2 unspecified atom stereocenters. The first kappa shape index (κ1) is 14.1. The van der Waals surface area contributed by atoms with Gasteiger partial charge in [0.1, 0.15) is 21.4 Å². The van der Waals surface area contributed by atoms with Gasteiger partial charge in [0, 0.05) is 0 Å². The van der Waals surface area contributed by atoms with Crippen molar-refractivity contribution >= 4 is 46.0 Å². The lowest BCUT2D eigenvalue weighted by Gasteiger charge is -2.30. The fourth-order valence-corrected chi connectivity index (χ4v) is 3.50. The zero-order valence-corrected chi connectivity index (χ0v) is 13.8. The summed E-state index contributed by atoms with van der Waals surface area (Å²) in [7, 11) is 0. The van der Waals surface area contributed by atoms with Crippen LogP contribution in [0.3, 0.4) is 0 Å². The summed E-state index contributed by atoms with van der Waals surface area (Å²) in [6, 6.07) is 0. The quantitative estimate of drug-likeness (QED) is 0.662. The molecule has 0 spiro atoms. The number of hydrogen-bond acceptors (Lipinski definition) is 4. The second kappa shape index (κ2) is 5.10. The number of fused-ring (bicyclic) bond motifs is 4. The topological polar surface area (TPSA) is 43.2 Å². The number of nitrogens with zero attached hydrogens (tertiary/aromatic N) is 2. The molecule has 0 saturated carbocycles. The number of ether oxygens (including phenoxy) is 2. The van der Waals surface area contributed by atoms with Crippen LogP contribution in [0.5, 0.6) is 11.5 Å². The first-order valence-electron chi connectivity index (χ1n) is 7.47. The maximum Gasteiger partial charge on any atom is 0.169 e. The van der Waals surface area contributed by atoms with Crippen LogP contribution < -0.4 is 9.47 Å². The number of aliphatic imine (C=N–C) groups is 2. The van der Waals surface area contributed by atoms with E-state index in [4.69, 9.17) is 32.7 Å². The van der Waals surface area contributed by atoms with E-state index < -0.39 is 0 Å². The Morgan fingerprint density at radius 3 is 1.62 bits per heavy atom. The molecule has 4 aliphatic rings. The van der Waals surface area contributed by atoms with E-state index in [1.54, 1.807) is 0 Å². The first-order chi connectivity index (χ1) is 11.7. The van der Waals surface area contributed by atoms with Gasteiger partial charge in [-0.15, -0.1) is 0 Å². The molecule has 118 valence electrons. The second-order valence-corrected chi connectivity index (χ2v) is 6.38. The Bertz CT molecular complexity index is 877. The maximum absolute atomic E-state index is 6.55. The molecule has 0 radical (unpaired) electrons. The third kappa shape index (κ3) is 1.93. The van der Waals surface area contributed by atoms with E-state index in [-0.39, 0.29) is 12.2 Å². The van der Waals surface area contributed by atoms with Crippen LogP contribution >= 0.6 is 23.2 Å². The van der Waals surface area contributed by atoms with Crippen molar-refractivity contribution in [3.63, 3.8) is 0 Å². The molecule has 2 aliphatic carbocycles. The summed E-state index contributed by atoms with van der Waals surface area (Å²) in [5.74, 6) is 0.881. The molecule has 0 fully saturated rings. The maximum atomic E-state index is 6.55. The van der Waals surface area contributed by atoms with Gasteiger partial charge in [0.05, 0.1) is 11.4 Å². The fraction of sp³-hybridized carbons (Fsp3) is 0.111.